The molecule has 39 heavy (non-hydrogen) atoms. The average molecular weight is 576 g/mol. The van der Waals surface area contributed by atoms with Crippen LogP contribution in [0.2, 0.25) is 5.02 Å². The molecule has 9 nitrogen and oxygen atoms in total. The van der Waals surface area contributed by atoms with E-state index >= 15 is 0 Å². The Hall–Kier alpha value is -3.25. The molecular formula is C27H31ClFN5O4S. The quantitative estimate of drug-likeness (QED) is 0.167. The highest BCUT2D eigenvalue weighted by Gasteiger charge is 2.31. The molecule has 12 heteroatoms. The van der Waals surface area contributed by atoms with E-state index in [0.717, 1.165) is 18.4 Å². The van der Waals surface area contributed by atoms with Crippen molar-refractivity contribution in [1.29, 1.82) is 0 Å². The molecule has 1 amide bonds. The number of benzene rings is 2. The zero-order valence-electron chi connectivity index (χ0n) is 22.1. The van der Waals surface area contributed by atoms with E-state index in [9.17, 15) is 14.0 Å². The minimum Gasteiger partial charge on any atom is -0.454 e. The van der Waals surface area contributed by atoms with Crippen molar-refractivity contribution < 1.29 is 18.7 Å². The number of nitrogens with zero attached hydrogens (tertiary/aromatic N) is 1. The number of aryl methyl sites for hydroxylation is 1. The highest BCUT2D eigenvalue weighted by Crippen LogP contribution is 2.40. The van der Waals surface area contributed by atoms with Gasteiger partial charge in [-0.3, -0.25) is 14.2 Å². The van der Waals surface area contributed by atoms with E-state index < -0.39 is 17.3 Å². The Kier molecular flexibility index (Phi) is 9.39. The van der Waals surface area contributed by atoms with Gasteiger partial charge in [-0.15, -0.1) is 0 Å². The van der Waals surface area contributed by atoms with Gasteiger partial charge in [-0.05, 0) is 56.5 Å². The number of anilines is 3. The van der Waals surface area contributed by atoms with Gasteiger partial charge in [-0.25, -0.2) is 9.11 Å². The summed E-state index contributed by atoms with van der Waals surface area (Å²) in [5, 5.41) is 6.17. The lowest BCUT2D eigenvalue weighted by Gasteiger charge is -2.22. The van der Waals surface area contributed by atoms with Gasteiger partial charge in [0.05, 0.1) is 23.5 Å². The summed E-state index contributed by atoms with van der Waals surface area (Å²) in [7, 11) is 3.14. The molecule has 4 rings (SSSR count). The SMILES string of the molecule is COCCNSNc1cccc(Oc2c(C(=O)NC3CC3)c(Nc3ccc(C)cc3F)n(C)c(=O)c2C)c1Cl. The zero-order valence-corrected chi connectivity index (χ0v) is 23.7. The van der Waals surface area contributed by atoms with Crippen LogP contribution in [0.5, 0.6) is 11.5 Å². The molecule has 4 N–H and O–H groups in total. The van der Waals surface area contributed by atoms with Crippen molar-refractivity contribution in [3.05, 3.63) is 74.3 Å². The summed E-state index contributed by atoms with van der Waals surface area (Å²) in [6.07, 6.45) is 1.72. The van der Waals surface area contributed by atoms with Gasteiger partial charge >= 0.3 is 0 Å². The van der Waals surface area contributed by atoms with Gasteiger partial charge in [-0.1, -0.05) is 23.7 Å². The van der Waals surface area contributed by atoms with E-state index in [2.05, 4.69) is 20.1 Å². The maximum Gasteiger partial charge on any atom is 0.259 e. The van der Waals surface area contributed by atoms with E-state index in [0.29, 0.717) is 18.8 Å². The summed E-state index contributed by atoms with van der Waals surface area (Å²) < 4.78 is 33.5. The molecule has 0 atom stereocenters. The minimum absolute atomic E-state index is 0.0330. The van der Waals surface area contributed by atoms with Gasteiger partial charge in [0.2, 0.25) is 0 Å². The Labute approximate surface area is 235 Å². The molecule has 1 saturated carbocycles. The number of carbonyl (C=O) groups excluding carboxylic acids is 1. The first-order chi connectivity index (χ1) is 18.7. The number of amides is 1. The van der Waals surface area contributed by atoms with Crippen LogP contribution in [0.1, 0.15) is 34.3 Å². The molecule has 0 saturated heterocycles. The lowest BCUT2D eigenvalue weighted by molar-refractivity contribution is 0.0948. The van der Waals surface area contributed by atoms with E-state index in [1.54, 1.807) is 51.3 Å². The van der Waals surface area contributed by atoms with Crippen molar-refractivity contribution in [2.75, 3.05) is 30.3 Å². The predicted molar refractivity (Wildman–Crippen MR) is 154 cm³/mol. The van der Waals surface area contributed by atoms with Crippen LogP contribution in [0.25, 0.3) is 0 Å². The van der Waals surface area contributed by atoms with Crippen molar-refractivity contribution in [3.8, 4) is 11.5 Å². The van der Waals surface area contributed by atoms with E-state index in [4.69, 9.17) is 21.1 Å². The summed E-state index contributed by atoms with van der Waals surface area (Å²) in [5.41, 5.74) is 1.29. The molecule has 3 aromatic rings. The van der Waals surface area contributed by atoms with Gasteiger partial charge in [0.1, 0.15) is 28.0 Å². The summed E-state index contributed by atoms with van der Waals surface area (Å²) in [4.78, 5) is 26.8. The third-order valence-electron chi connectivity index (χ3n) is 6.10. The fraction of sp³-hybridized carbons (Fsp3) is 0.333. The standard InChI is InChI=1S/C27H31ClFN5O4S/c1-15-8-11-19(18(29)14-15)32-25-22(26(35)31-17-9-10-17)24(16(2)27(36)34(25)3)38-21-7-5-6-20(23(21)28)33-39-30-12-13-37-4/h5-8,11,14,17,30,32-33H,9-10,12-13H2,1-4H3,(H,31,35). The number of hydrogen-bond donors (Lipinski definition) is 4. The van der Waals surface area contributed by atoms with Crippen LogP contribution < -0.4 is 30.4 Å². The van der Waals surface area contributed by atoms with Gasteiger partial charge < -0.3 is 24.8 Å². The Bertz CT molecular complexity index is 1430. The van der Waals surface area contributed by atoms with Gasteiger partial charge in [0.15, 0.2) is 5.75 Å². The molecule has 0 spiro atoms. The molecule has 0 aliphatic heterocycles. The second-order valence-corrected chi connectivity index (χ2v) is 10.3. The van der Waals surface area contributed by atoms with Crippen molar-refractivity contribution in [3.63, 3.8) is 0 Å². The van der Waals surface area contributed by atoms with Gasteiger partial charge in [0.25, 0.3) is 11.5 Å². The van der Waals surface area contributed by atoms with E-state index in [1.807, 2.05) is 0 Å². The third-order valence-corrected chi connectivity index (χ3v) is 7.16. The number of rotatable bonds is 12. The molecule has 1 fully saturated rings. The number of methoxy groups -OCH3 is 1. The van der Waals surface area contributed by atoms with Gasteiger partial charge in [-0.2, -0.15) is 0 Å². The Morgan fingerprint density at radius 1 is 1.21 bits per heavy atom. The summed E-state index contributed by atoms with van der Waals surface area (Å²) in [6.45, 7) is 4.51. The lowest BCUT2D eigenvalue weighted by atomic mass is 10.1. The summed E-state index contributed by atoms with van der Waals surface area (Å²) in [5.74, 6) is -0.577. The molecule has 2 aromatic carbocycles. The fourth-order valence-corrected chi connectivity index (χ4v) is 4.60. The predicted octanol–water partition coefficient (Wildman–Crippen LogP) is 5.43. The van der Waals surface area contributed by atoms with Gasteiger partial charge in [0, 0.05) is 38.9 Å². The van der Waals surface area contributed by atoms with Crippen molar-refractivity contribution in [1.82, 2.24) is 14.6 Å². The number of pyridine rings is 1. The normalized spacial score (nSPS) is 12.8. The third kappa shape index (κ3) is 6.85. The Balaban J connectivity index is 1.75. The lowest BCUT2D eigenvalue weighted by Crippen LogP contribution is -2.31. The first-order valence-corrected chi connectivity index (χ1v) is 13.6. The van der Waals surface area contributed by atoms with Crippen LogP contribution >= 0.6 is 23.7 Å². The fourth-order valence-electron chi connectivity index (χ4n) is 3.80. The molecule has 0 bridgehead atoms. The number of aromatic nitrogens is 1. The van der Waals surface area contributed by atoms with E-state index in [-0.39, 0.29) is 45.2 Å². The topological polar surface area (TPSA) is 106 Å². The van der Waals surface area contributed by atoms with Crippen molar-refractivity contribution in [2.24, 2.45) is 7.05 Å². The Morgan fingerprint density at radius 2 is 1.97 bits per heavy atom. The van der Waals surface area contributed by atoms with Crippen LogP contribution in [-0.4, -0.2) is 36.8 Å². The largest absolute Gasteiger partial charge is 0.454 e. The molecule has 1 aromatic heterocycles. The zero-order chi connectivity index (χ0) is 28.1. The number of hydrogen-bond acceptors (Lipinski definition) is 8. The minimum atomic E-state index is -0.516. The second-order valence-electron chi connectivity index (χ2n) is 9.21. The van der Waals surface area contributed by atoms with Crippen LogP contribution in [0.15, 0.2) is 41.2 Å². The van der Waals surface area contributed by atoms with Crippen LogP contribution in [0.4, 0.5) is 21.6 Å². The monoisotopic (exact) mass is 575 g/mol. The first kappa shape index (κ1) is 28.8. The number of carbonyl (C=O) groups is 1. The smallest absolute Gasteiger partial charge is 0.259 e. The molecule has 0 radical (unpaired) electrons. The van der Waals surface area contributed by atoms with Crippen LogP contribution in [0.3, 0.4) is 0 Å². The molecule has 0 unspecified atom stereocenters. The first-order valence-electron chi connectivity index (χ1n) is 12.4. The van der Waals surface area contributed by atoms with E-state index in [1.165, 1.54) is 29.8 Å². The number of halogens is 2. The number of nitrogens with one attached hydrogen (secondary N) is 4. The second kappa shape index (κ2) is 12.7. The summed E-state index contributed by atoms with van der Waals surface area (Å²) in [6, 6.07) is 9.84. The maximum atomic E-state index is 14.8. The molecule has 1 aliphatic carbocycles. The average Bonchev–Trinajstić information content (AvgIpc) is 3.72. The molecule has 1 aliphatic rings. The van der Waals surface area contributed by atoms with Crippen LogP contribution in [-0.2, 0) is 11.8 Å². The van der Waals surface area contributed by atoms with Crippen molar-refractivity contribution >= 4 is 46.8 Å². The Morgan fingerprint density at radius 3 is 2.67 bits per heavy atom. The summed E-state index contributed by atoms with van der Waals surface area (Å²) >= 11 is 7.88. The molecular weight excluding hydrogens is 545 g/mol. The highest BCUT2D eigenvalue weighted by atomic mass is 35.5. The van der Waals surface area contributed by atoms with Crippen LogP contribution in [0, 0.1) is 19.7 Å². The molecule has 1 heterocycles. The number of ether oxygens (including phenoxy) is 2. The molecule has 208 valence electrons. The highest BCUT2D eigenvalue weighted by molar-refractivity contribution is 7.98. The maximum absolute atomic E-state index is 14.8. The van der Waals surface area contributed by atoms with Crippen molar-refractivity contribution in [2.45, 2.75) is 32.7 Å².